The molecule has 4 aromatic rings. The number of hydrogen-bond donors (Lipinski definition) is 1. The fourth-order valence-corrected chi connectivity index (χ4v) is 3.69. The Labute approximate surface area is 145 Å². The fraction of sp³-hybridized carbons (Fsp3) is 0.133. The fourth-order valence-electron chi connectivity index (χ4n) is 2.19. The van der Waals surface area contributed by atoms with Crippen molar-refractivity contribution in [2.45, 2.75) is 13.0 Å². The molecular formula is C15H12N6OS2. The van der Waals surface area contributed by atoms with Gasteiger partial charge in [0.2, 0.25) is 5.91 Å². The van der Waals surface area contributed by atoms with Crippen LogP contribution in [-0.4, -0.2) is 30.2 Å². The van der Waals surface area contributed by atoms with Crippen molar-refractivity contribution in [3.63, 3.8) is 0 Å². The van der Waals surface area contributed by atoms with Crippen LogP contribution in [0.25, 0.3) is 15.7 Å². The van der Waals surface area contributed by atoms with E-state index in [-0.39, 0.29) is 12.3 Å². The van der Waals surface area contributed by atoms with Gasteiger partial charge in [0, 0.05) is 35.5 Å². The highest BCUT2D eigenvalue weighted by atomic mass is 32.1. The predicted molar refractivity (Wildman–Crippen MR) is 91.8 cm³/mol. The molecule has 0 unspecified atom stereocenters. The average molecular weight is 356 g/mol. The Hall–Kier alpha value is -2.65. The number of nitrogens with zero attached hydrogens (tertiary/aromatic N) is 5. The highest BCUT2D eigenvalue weighted by Crippen LogP contribution is 2.20. The molecule has 24 heavy (non-hydrogen) atoms. The number of thiazole rings is 2. The molecule has 4 heterocycles. The van der Waals surface area contributed by atoms with Gasteiger partial charge >= 0.3 is 0 Å². The molecule has 0 atom stereocenters. The topological polar surface area (TPSA) is 85.1 Å². The largest absolute Gasteiger partial charge is 0.350 e. The molecular weight excluding hydrogens is 344 g/mol. The molecule has 0 fully saturated rings. The molecule has 0 saturated carbocycles. The number of rotatable bonds is 5. The molecule has 9 heteroatoms. The number of hydrogen-bond acceptors (Lipinski definition) is 7. The maximum atomic E-state index is 12.1. The lowest BCUT2D eigenvalue weighted by Crippen LogP contribution is -2.24. The molecule has 0 aliphatic carbocycles. The second-order valence-electron chi connectivity index (χ2n) is 5.01. The Bertz CT molecular complexity index is 946. The summed E-state index contributed by atoms with van der Waals surface area (Å²) in [5.41, 5.74) is 2.30. The van der Waals surface area contributed by atoms with Crippen LogP contribution in [0.2, 0.25) is 0 Å². The van der Waals surface area contributed by atoms with Crippen molar-refractivity contribution in [2.24, 2.45) is 0 Å². The Morgan fingerprint density at radius 3 is 3.00 bits per heavy atom. The number of nitrogens with one attached hydrogen (secondary N) is 1. The highest BCUT2D eigenvalue weighted by molar-refractivity contribution is 7.15. The number of amides is 1. The highest BCUT2D eigenvalue weighted by Gasteiger charge is 2.10. The van der Waals surface area contributed by atoms with E-state index in [0.717, 1.165) is 27.1 Å². The van der Waals surface area contributed by atoms with Crippen LogP contribution in [0.5, 0.6) is 0 Å². The molecule has 7 nitrogen and oxygen atoms in total. The average Bonchev–Trinajstić information content (AvgIpc) is 3.29. The minimum Gasteiger partial charge on any atom is -0.350 e. The van der Waals surface area contributed by atoms with Crippen molar-refractivity contribution in [1.82, 2.24) is 29.7 Å². The first-order chi connectivity index (χ1) is 11.8. The van der Waals surface area contributed by atoms with Crippen molar-refractivity contribution >= 4 is 33.5 Å². The third-order valence-corrected chi connectivity index (χ3v) is 4.97. The van der Waals surface area contributed by atoms with Gasteiger partial charge in [-0.2, -0.15) is 0 Å². The van der Waals surface area contributed by atoms with Crippen LogP contribution < -0.4 is 5.32 Å². The van der Waals surface area contributed by atoms with E-state index in [1.54, 1.807) is 29.9 Å². The van der Waals surface area contributed by atoms with Gasteiger partial charge in [0.25, 0.3) is 0 Å². The Balaban J connectivity index is 1.35. The van der Waals surface area contributed by atoms with Crippen LogP contribution in [-0.2, 0) is 17.8 Å². The number of imidazole rings is 1. The van der Waals surface area contributed by atoms with E-state index < -0.39 is 0 Å². The van der Waals surface area contributed by atoms with Crippen molar-refractivity contribution in [3.8, 4) is 10.7 Å². The molecule has 0 radical (unpaired) electrons. The summed E-state index contributed by atoms with van der Waals surface area (Å²) >= 11 is 3.03. The lowest BCUT2D eigenvalue weighted by molar-refractivity contribution is -0.120. The van der Waals surface area contributed by atoms with E-state index in [2.05, 4.69) is 25.3 Å². The minimum atomic E-state index is -0.0743. The standard InChI is InChI=1S/C15H12N6OS2/c22-13(5-10-8-21-3-4-23-15(21)20-10)18-6-11-9-24-14(19-11)12-7-16-1-2-17-12/h1-4,7-9H,5-6H2,(H,18,22). The molecule has 0 aromatic carbocycles. The lowest BCUT2D eigenvalue weighted by atomic mass is 10.3. The summed E-state index contributed by atoms with van der Waals surface area (Å²) in [5, 5.41) is 7.54. The molecule has 0 spiro atoms. The molecule has 1 amide bonds. The smallest absolute Gasteiger partial charge is 0.226 e. The zero-order chi connectivity index (χ0) is 16.4. The normalized spacial score (nSPS) is 11.0. The molecule has 0 aliphatic heterocycles. The van der Waals surface area contributed by atoms with E-state index in [0.29, 0.717) is 6.54 Å². The number of fused-ring (bicyclic) bond motifs is 1. The number of carbonyl (C=O) groups excluding carboxylic acids is 1. The van der Waals surface area contributed by atoms with E-state index in [9.17, 15) is 4.79 Å². The van der Waals surface area contributed by atoms with Crippen LogP contribution in [0.15, 0.2) is 41.7 Å². The zero-order valence-electron chi connectivity index (χ0n) is 12.4. The second-order valence-corrected chi connectivity index (χ2v) is 6.74. The minimum absolute atomic E-state index is 0.0743. The summed E-state index contributed by atoms with van der Waals surface area (Å²) < 4.78 is 1.92. The summed E-state index contributed by atoms with van der Waals surface area (Å²) in [6.07, 6.45) is 8.99. The maximum absolute atomic E-state index is 12.1. The summed E-state index contributed by atoms with van der Waals surface area (Å²) in [6, 6.07) is 0. The van der Waals surface area contributed by atoms with Gasteiger partial charge in [0.05, 0.1) is 30.6 Å². The summed E-state index contributed by atoms with van der Waals surface area (Å²) in [7, 11) is 0. The van der Waals surface area contributed by atoms with E-state index in [1.165, 1.54) is 11.3 Å². The maximum Gasteiger partial charge on any atom is 0.226 e. The lowest BCUT2D eigenvalue weighted by Gasteiger charge is -2.01. The zero-order valence-corrected chi connectivity index (χ0v) is 14.0. The van der Waals surface area contributed by atoms with Gasteiger partial charge in [0.1, 0.15) is 10.7 Å². The molecule has 4 rings (SSSR count). The molecule has 0 saturated heterocycles. The van der Waals surface area contributed by atoms with E-state index >= 15 is 0 Å². The third kappa shape index (κ3) is 3.17. The summed E-state index contributed by atoms with van der Waals surface area (Å²) in [5.74, 6) is -0.0743. The van der Waals surface area contributed by atoms with E-state index in [1.807, 2.05) is 27.6 Å². The van der Waals surface area contributed by atoms with Gasteiger partial charge in [-0.1, -0.05) is 0 Å². The van der Waals surface area contributed by atoms with Gasteiger partial charge < -0.3 is 5.32 Å². The number of aromatic nitrogens is 5. The second kappa shape index (κ2) is 6.46. The predicted octanol–water partition coefficient (Wildman–Crippen LogP) is 2.17. The molecule has 120 valence electrons. The van der Waals surface area contributed by atoms with Crippen LogP contribution >= 0.6 is 22.7 Å². The molecule has 4 aromatic heterocycles. The van der Waals surface area contributed by atoms with Crippen molar-refractivity contribution in [1.29, 1.82) is 0 Å². The van der Waals surface area contributed by atoms with Gasteiger partial charge in [-0.25, -0.2) is 9.97 Å². The Kier molecular flexibility index (Phi) is 4.01. The van der Waals surface area contributed by atoms with E-state index in [4.69, 9.17) is 0 Å². The SMILES string of the molecule is O=C(Cc1cn2ccsc2n1)NCc1csc(-c2cnccn2)n1. The molecule has 0 aliphatic rings. The first-order valence-electron chi connectivity index (χ1n) is 7.16. The van der Waals surface area contributed by atoms with Crippen LogP contribution in [0, 0.1) is 0 Å². The Morgan fingerprint density at radius 2 is 2.17 bits per heavy atom. The number of carbonyl (C=O) groups is 1. The molecule has 0 bridgehead atoms. The van der Waals surface area contributed by atoms with Crippen molar-refractivity contribution in [2.75, 3.05) is 0 Å². The van der Waals surface area contributed by atoms with Gasteiger partial charge in [-0.15, -0.1) is 22.7 Å². The van der Waals surface area contributed by atoms with Gasteiger partial charge in [-0.3, -0.25) is 19.2 Å². The monoisotopic (exact) mass is 356 g/mol. The van der Waals surface area contributed by atoms with Gasteiger partial charge in [0.15, 0.2) is 4.96 Å². The van der Waals surface area contributed by atoms with Crippen LogP contribution in [0.3, 0.4) is 0 Å². The van der Waals surface area contributed by atoms with Gasteiger partial charge in [-0.05, 0) is 0 Å². The van der Waals surface area contributed by atoms with Crippen LogP contribution in [0.1, 0.15) is 11.4 Å². The molecule has 1 N–H and O–H groups in total. The Morgan fingerprint density at radius 1 is 1.21 bits per heavy atom. The van der Waals surface area contributed by atoms with Crippen molar-refractivity contribution < 1.29 is 4.79 Å². The first-order valence-corrected chi connectivity index (χ1v) is 8.92. The third-order valence-electron chi connectivity index (χ3n) is 3.29. The van der Waals surface area contributed by atoms with Crippen molar-refractivity contribution in [3.05, 3.63) is 53.1 Å². The first kappa shape index (κ1) is 14.9. The van der Waals surface area contributed by atoms with Crippen LogP contribution in [0.4, 0.5) is 0 Å². The quantitative estimate of drug-likeness (QED) is 0.592. The summed E-state index contributed by atoms with van der Waals surface area (Å²) in [4.78, 5) is 30.1. The summed E-state index contributed by atoms with van der Waals surface area (Å²) in [6.45, 7) is 0.387.